The van der Waals surface area contributed by atoms with E-state index in [1.54, 1.807) is 0 Å². The zero-order valence-electron chi connectivity index (χ0n) is 14.4. The van der Waals surface area contributed by atoms with E-state index < -0.39 is 0 Å². The number of fused-ring (bicyclic) bond motifs is 5. The molecule has 4 rings (SSSR count). The van der Waals surface area contributed by atoms with Crippen LogP contribution in [0.4, 0.5) is 0 Å². The summed E-state index contributed by atoms with van der Waals surface area (Å²) in [5.41, 5.74) is 0.331. The van der Waals surface area contributed by atoms with Crippen LogP contribution < -0.4 is 0 Å². The summed E-state index contributed by atoms with van der Waals surface area (Å²) < 4.78 is 0. The molecule has 0 aromatic rings. The van der Waals surface area contributed by atoms with Crippen molar-refractivity contribution in [1.82, 2.24) is 0 Å². The Balaban J connectivity index is 1.69. The van der Waals surface area contributed by atoms with Gasteiger partial charge in [-0.25, -0.2) is 0 Å². The Morgan fingerprint density at radius 1 is 0.955 bits per heavy atom. The molecule has 0 bridgehead atoms. The van der Waals surface area contributed by atoms with Crippen molar-refractivity contribution in [3.05, 3.63) is 0 Å². The van der Waals surface area contributed by atoms with Crippen LogP contribution in [-0.2, 0) is 9.59 Å². The lowest BCUT2D eigenvalue weighted by molar-refractivity contribution is -0.151. The maximum Gasteiger partial charge on any atom is 0.139 e. The number of carbonyl (C=O) groups is 2. The van der Waals surface area contributed by atoms with Gasteiger partial charge in [0.05, 0.1) is 0 Å². The van der Waals surface area contributed by atoms with Gasteiger partial charge in [0.15, 0.2) is 0 Å². The standard InChI is InChI=1S/C20H30O2/c1-12-10-14-15-4-5-18(22)20(15,3)9-7-16(14)19(2)8-6-13(21)11-17(12)19/h12,14-17H,4-11H2,1-3H3/t12?,14-,15-,16+,17?,19+,20-/m0/s1. The Bertz CT molecular complexity index is 524. The molecule has 4 fully saturated rings. The number of ketones is 2. The van der Waals surface area contributed by atoms with E-state index in [1.807, 2.05) is 0 Å². The summed E-state index contributed by atoms with van der Waals surface area (Å²) in [7, 11) is 0. The molecule has 22 heavy (non-hydrogen) atoms. The van der Waals surface area contributed by atoms with Crippen LogP contribution in [0.5, 0.6) is 0 Å². The molecule has 2 nitrogen and oxygen atoms in total. The summed E-state index contributed by atoms with van der Waals surface area (Å²) in [5.74, 6) is 4.38. The molecule has 7 atom stereocenters. The van der Waals surface area contributed by atoms with E-state index in [0.717, 1.165) is 50.4 Å². The zero-order chi connectivity index (χ0) is 15.7. The van der Waals surface area contributed by atoms with E-state index in [0.29, 0.717) is 34.7 Å². The molecule has 0 amide bonds. The smallest absolute Gasteiger partial charge is 0.139 e. The molecule has 0 saturated heterocycles. The van der Waals surface area contributed by atoms with E-state index in [-0.39, 0.29) is 5.41 Å². The SMILES string of the molecule is CC1C[C@@H]2[C@@H](CC[C@]3(C)C(=O)CC[C@@H]23)[C@@]2(C)CCC(=O)CC12. The molecular weight excluding hydrogens is 272 g/mol. The lowest BCUT2D eigenvalue weighted by atomic mass is 9.43. The van der Waals surface area contributed by atoms with E-state index >= 15 is 0 Å². The summed E-state index contributed by atoms with van der Waals surface area (Å²) in [6, 6.07) is 0. The molecule has 122 valence electrons. The Hall–Kier alpha value is -0.660. The average molecular weight is 302 g/mol. The molecule has 4 saturated carbocycles. The number of carbonyl (C=O) groups excluding carboxylic acids is 2. The first-order valence-corrected chi connectivity index (χ1v) is 9.41. The van der Waals surface area contributed by atoms with Crippen LogP contribution in [0.25, 0.3) is 0 Å². The van der Waals surface area contributed by atoms with Crippen LogP contribution in [-0.4, -0.2) is 11.6 Å². The van der Waals surface area contributed by atoms with E-state index in [4.69, 9.17) is 0 Å². The average Bonchev–Trinajstić information content (AvgIpc) is 2.77. The third-order valence-corrected chi connectivity index (χ3v) is 8.56. The molecule has 0 spiro atoms. The minimum absolute atomic E-state index is 0.0193. The highest BCUT2D eigenvalue weighted by atomic mass is 16.1. The number of rotatable bonds is 0. The van der Waals surface area contributed by atoms with Crippen molar-refractivity contribution in [2.24, 2.45) is 40.4 Å². The molecule has 0 N–H and O–H groups in total. The number of Topliss-reactive ketones (excluding diaryl/α,β-unsaturated/α-hetero) is 2. The molecule has 2 unspecified atom stereocenters. The highest BCUT2D eigenvalue weighted by Crippen LogP contribution is 2.66. The maximum atomic E-state index is 12.4. The van der Waals surface area contributed by atoms with Crippen molar-refractivity contribution >= 4 is 11.6 Å². The van der Waals surface area contributed by atoms with Gasteiger partial charge in [-0.3, -0.25) is 9.59 Å². The van der Waals surface area contributed by atoms with Crippen molar-refractivity contribution in [3.8, 4) is 0 Å². The fourth-order valence-corrected chi connectivity index (χ4v) is 7.29. The lowest BCUT2D eigenvalue weighted by Crippen LogP contribution is -2.55. The molecular formula is C20H30O2. The van der Waals surface area contributed by atoms with E-state index in [2.05, 4.69) is 20.8 Å². The van der Waals surface area contributed by atoms with Crippen molar-refractivity contribution in [3.63, 3.8) is 0 Å². The van der Waals surface area contributed by atoms with Crippen LogP contribution >= 0.6 is 0 Å². The van der Waals surface area contributed by atoms with Gasteiger partial charge in [-0.15, -0.1) is 0 Å². The monoisotopic (exact) mass is 302 g/mol. The second kappa shape index (κ2) is 4.68. The zero-order valence-corrected chi connectivity index (χ0v) is 14.4. The minimum Gasteiger partial charge on any atom is -0.300 e. The van der Waals surface area contributed by atoms with Crippen LogP contribution in [0, 0.1) is 40.4 Å². The van der Waals surface area contributed by atoms with Gasteiger partial charge < -0.3 is 0 Å². The van der Waals surface area contributed by atoms with Crippen LogP contribution in [0.3, 0.4) is 0 Å². The van der Waals surface area contributed by atoms with Gasteiger partial charge in [-0.05, 0) is 67.1 Å². The summed E-state index contributed by atoms with van der Waals surface area (Å²) in [6.07, 6.45) is 8.23. The van der Waals surface area contributed by atoms with Gasteiger partial charge in [0.25, 0.3) is 0 Å². The Morgan fingerprint density at radius 2 is 1.73 bits per heavy atom. The Kier molecular flexibility index (Phi) is 3.17. The maximum absolute atomic E-state index is 12.4. The largest absolute Gasteiger partial charge is 0.300 e. The third kappa shape index (κ3) is 1.79. The van der Waals surface area contributed by atoms with Crippen molar-refractivity contribution in [2.75, 3.05) is 0 Å². The third-order valence-electron chi connectivity index (χ3n) is 8.56. The summed E-state index contributed by atoms with van der Waals surface area (Å²) in [4.78, 5) is 24.4. The van der Waals surface area contributed by atoms with Crippen LogP contribution in [0.15, 0.2) is 0 Å². The Morgan fingerprint density at radius 3 is 2.50 bits per heavy atom. The molecule has 4 aliphatic rings. The molecule has 2 heteroatoms. The number of hydrogen-bond donors (Lipinski definition) is 0. The first-order chi connectivity index (χ1) is 10.4. The molecule has 0 heterocycles. The van der Waals surface area contributed by atoms with E-state index in [9.17, 15) is 9.59 Å². The van der Waals surface area contributed by atoms with Gasteiger partial charge in [-0.2, -0.15) is 0 Å². The predicted octanol–water partition coefficient (Wildman–Crippen LogP) is 4.41. The molecule has 4 aliphatic carbocycles. The molecule has 0 aromatic heterocycles. The minimum atomic E-state index is -0.0193. The second-order valence-electron chi connectivity index (χ2n) is 9.36. The fraction of sp³-hybridized carbons (Fsp3) is 0.900. The lowest BCUT2D eigenvalue weighted by Gasteiger charge is -2.61. The first kappa shape index (κ1) is 14.9. The highest BCUT2D eigenvalue weighted by molar-refractivity contribution is 5.87. The molecule has 0 aliphatic heterocycles. The summed E-state index contributed by atoms with van der Waals surface area (Å²) >= 11 is 0. The summed E-state index contributed by atoms with van der Waals surface area (Å²) in [5, 5.41) is 0. The van der Waals surface area contributed by atoms with Gasteiger partial charge in [0, 0.05) is 24.7 Å². The fourth-order valence-electron chi connectivity index (χ4n) is 7.29. The van der Waals surface area contributed by atoms with Crippen molar-refractivity contribution in [1.29, 1.82) is 0 Å². The predicted molar refractivity (Wildman–Crippen MR) is 86.3 cm³/mol. The second-order valence-corrected chi connectivity index (χ2v) is 9.36. The van der Waals surface area contributed by atoms with Gasteiger partial charge in [0.2, 0.25) is 0 Å². The van der Waals surface area contributed by atoms with Gasteiger partial charge >= 0.3 is 0 Å². The first-order valence-electron chi connectivity index (χ1n) is 9.41. The summed E-state index contributed by atoms with van der Waals surface area (Å²) in [6.45, 7) is 7.12. The Labute approximate surface area is 134 Å². The van der Waals surface area contributed by atoms with Crippen LogP contribution in [0.2, 0.25) is 0 Å². The number of hydrogen-bond acceptors (Lipinski definition) is 2. The van der Waals surface area contributed by atoms with Crippen LogP contribution in [0.1, 0.15) is 72.1 Å². The molecule has 0 aromatic carbocycles. The van der Waals surface area contributed by atoms with Crippen molar-refractivity contribution in [2.45, 2.75) is 72.1 Å². The normalized spacial score (nSPS) is 54.6. The topological polar surface area (TPSA) is 34.1 Å². The van der Waals surface area contributed by atoms with Gasteiger partial charge in [-0.1, -0.05) is 20.8 Å². The van der Waals surface area contributed by atoms with Gasteiger partial charge in [0.1, 0.15) is 11.6 Å². The quantitative estimate of drug-likeness (QED) is 0.664. The highest BCUT2D eigenvalue weighted by Gasteiger charge is 2.61. The molecule has 0 radical (unpaired) electrons. The van der Waals surface area contributed by atoms with E-state index in [1.165, 1.54) is 12.8 Å². The van der Waals surface area contributed by atoms with Crippen molar-refractivity contribution < 1.29 is 9.59 Å².